The fourth-order valence-electron chi connectivity index (χ4n) is 5.92. The summed E-state index contributed by atoms with van der Waals surface area (Å²) in [5, 5.41) is 4.37. The summed E-state index contributed by atoms with van der Waals surface area (Å²) >= 11 is 0. The van der Waals surface area contributed by atoms with Crippen molar-refractivity contribution in [2.75, 3.05) is 0 Å². The molecule has 0 unspecified atom stereocenters. The molecule has 0 bridgehead atoms. The van der Waals surface area contributed by atoms with Crippen LogP contribution < -0.4 is 0 Å². The van der Waals surface area contributed by atoms with E-state index >= 15 is 0 Å². The molecule has 0 saturated heterocycles. The van der Waals surface area contributed by atoms with Crippen LogP contribution in [0.3, 0.4) is 0 Å². The molecule has 0 radical (unpaired) electrons. The Kier molecular flexibility index (Phi) is 6.62. The Morgan fingerprint density at radius 3 is 2.46 bits per heavy atom. The molecule has 2 aliphatic rings. The average molecular weight is 500 g/mol. The van der Waals surface area contributed by atoms with Gasteiger partial charge in [-0.2, -0.15) is 4.98 Å². The lowest BCUT2D eigenvalue weighted by Gasteiger charge is -2.33. The largest absolute Gasteiger partial charge is 0.334 e. The molecule has 196 valence electrons. The van der Waals surface area contributed by atoms with Crippen LogP contribution in [0.2, 0.25) is 0 Å². The fourth-order valence-corrected chi connectivity index (χ4v) is 5.92. The molecule has 0 atom stereocenters. The van der Waals surface area contributed by atoms with Crippen molar-refractivity contribution in [3.8, 4) is 22.8 Å². The average Bonchev–Trinajstić information content (AvgIpc) is 3.51. The van der Waals surface area contributed by atoms with Gasteiger partial charge in [-0.3, -0.25) is 9.78 Å². The number of nitrogens with zero attached hydrogens (tertiary/aromatic N) is 3. The summed E-state index contributed by atoms with van der Waals surface area (Å²) in [6.45, 7) is 15.3. The fraction of sp³-hybridized carbons (Fsp3) is 0.562. The lowest BCUT2D eigenvalue weighted by atomic mass is 9.72. The van der Waals surface area contributed by atoms with Crippen molar-refractivity contribution in [1.82, 2.24) is 15.1 Å². The van der Waals surface area contributed by atoms with Crippen LogP contribution in [0.15, 0.2) is 22.9 Å². The zero-order chi connectivity index (χ0) is 26.5. The molecule has 5 rings (SSSR count). The van der Waals surface area contributed by atoms with E-state index in [1.54, 1.807) is 0 Å². The second-order valence-electron chi connectivity index (χ2n) is 13.4. The van der Waals surface area contributed by atoms with Gasteiger partial charge >= 0.3 is 0 Å². The number of aromatic nitrogens is 3. The van der Waals surface area contributed by atoms with Gasteiger partial charge in [-0.1, -0.05) is 39.8 Å². The van der Waals surface area contributed by atoms with E-state index in [-0.39, 0.29) is 5.41 Å². The Balaban J connectivity index is 1.40. The number of Topliss-reactive ketones (excluding diaryl/α,β-unsaturated/α-hetero) is 1. The monoisotopic (exact) mass is 499 g/mol. The maximum atomic E-state index is 12.4. The third-order valence-electron chi connectivity index (χ3n) is 7.99. The SMILES string of the molecule is Cc1cc(-c2noc(-c3cnc(C4CC4)c4c3CCC(C)(C)C4)n2)cc(C)c1CCC(=O)CC(C)(C)C. The smallest absolute Gasteiger partial charge is 0.260 e. The lowest BCUT2D eigenvalue weighted by Crippen LogP contribution is -2.24. The molecule has 2 aliphatic carbocycles. The van der Waals surface area contributed by atoms with Crippen molar-refractivity contribution in [2.24, 2.45) is 10.8 Å². The molecule has 1 saturated carbocycles. The van der Waals surface area contributed by atoms with Gasteiger partial charge in [0.2, 0.25) is 5.82 Å². The zero-order valence-corrected chi connectivity index (χ0v) is 23.6. The molecule has 37 heavy (non-hydrogen) atoms. The molecule has 1 fully saturated rings. The Bertz CT molecular complexity index is 1320. The van der Waals surface area contributed by atoms with Gasteiger partial charge in [0, 0.05) is 36.2 Å². The van der Waals surface area contributed by atoms with Crippen LogP contribution in [-0.4, -0.2) is 20.9 Å². The maximum Gasteiger partial charge on any atom is 0.260 e. The summed E-state index contributed by atoms with van der Waals surface area (Å²) in [4.78, 5) is 22.2. The molecule has 0 N–H and O–H groups in total. The highest BCUT2D eigenvalue weighted by molar-refractivity contribution is 5.79. The van der Waals surface area contributed by atoms with E-state index in [2.05, 4.69) is 65.8 Å². The van der Waals surface area contributed by atoms with Gasteiger partial charge < -0.3 is 4.52 Å². The Hall–Kier alpha value is -2.82. The number of carbonyl (C=O) groups is 1. The number of hydrogen-bond donors (Lipinski definition) is 0. The molecule has 0 amide bonds. The molecule has 0 spiro atoms. The number of aryl methyl sites for hydroxylation is 2. The van der Waals surface area contributed by atoms with E-state index in [1.165, 1.54) is 46.4 Å². The number of benzene rings is 1. The van der Waals surface area contributed by atoms with Gasteiger partial charge in [0.15, 0.2) is 0 Å². The van der Waals surface area contributed by atoms with E-state index < -0.39 is 0 Å². The van der Waals surface area contributed by atoms with Gasteiger partial charge in [-0.05, 0) is 103 Å². The van der Waals surface area contributed by atoms with Crippen molar-refractivity contribution in [3.63, 3.8) is 0 Å². The first kappa shape index (κ1) is 25.8. The van der Waals surface area contributed by atoms with Crippen LogP contribution >= 0.6 is 0 Å². The molecule has 3 aromatic rings. The standard InChI is InChI=1S/C32H41N3O2/c1-19-14-22(15-20(2)24(19)11-10-23(36)16-31(3,4)5)29-34-30(37-35-29)27-18-33-28(21-8-9-21)26-17-32(6,7)13-12-25(26)27/h14-15,18,21H,8-13,16-17H2,1-7H3. The number of pyridine rings is 1. The van der Waals surface area contributed by atoms with E-state index in [4.69, 9.17) is 14.5 Å². The van der Waals surface area contributed by atoms with Gasteiger partial charge in [0.25, 0.3) is 5.89 Å². The molecule has 0 aliphatic heterocycles. The number of rotatable bonds is 7. The predicted molar refractivity (Wildman–Crippen MR) is 148 cm³/mol. The Morgan fingerprint density at radius 1 is 1.11 bits per heavy atom. The number of carbonyl (C=O) groups excluding carboxylic acids is 1. The van der Waals surface area contributed by atoms with Crippen LogP contribution in [0, 0.1) is 24.7 Å². The van der Waals surface area contributed by atoms with Crippen LogP contribution in [0.25, 0.3) is 22.8 Å². The highest BCUT2D eigenvalue weighted by atomic mass is 16.5. The molecule has 5 nitrogen and oxygen atoms in total. The lowest BCUT2D eigenvalue weighted by molar-refractivity contribution is -0.120. The molecule has 2 heterocycles. The number of fused-ring (bicyclic) bond motifs is 1. The second kappa shape index (κ2) is 9.49. The quantitative estimate of drug-likeness (QED) is 0.332. The number of ketones is 1. The van der Waals surface area contributed by atoms with E-state index in [0.29, 0.717) is 41.7 Å². The molecule has 1 aromatic carbocycles. The number of hydrogen-bond acceptors (Lipinski definition) is 5. The Labute approximate surface area is 221 Å². The Morgan fingerprint density at radius 2 is 1.81 bits per heavy atom. The molecular weight excluding hydrogens is 458 g/mol. The first-order valence-corrected chi connectivity index (χ1v) is 13.9. The third-order valence-corrected chi connectivity index (χ3v) is 7.99. The van der Waals surface area contributed by atoms with Crippen molar-refractivity contribution in [2.45, 2.75) is 106 Å². The normalized spacial score (nSPS) is 17.1. The van der Waals surface area contributed by atoms with Gasteiger partial charge in [0.1, 0.15) is 5.78 Å². The van der Waals surface area contributed by atoms with Gasteiger partial charge in [-0.15, -0.1) is 0 Å². The predicted octanol–water partition coefficient (Wildman–Crippen LogP) is 7.75. The van der Waals surface area contributed by atoms with Crippen LogP contribution in [0.4, 0.5) is 0 Å². The maximum absolute atomic E-state index is 12.4. The summed E-state index contributed by atoms with van der Waals surface area (Å²) in [6.07, 6.45) is 9.69. The summed E-state index contributed by atoms with van der Waals surface area (Å²) < 4.78 is 5.83. The minimum Gasteiger partial charge on any atom is -0.334 e. The topological polar surface area (TPSA) is 68.9 Å². The van der Waals surface area contributed by atoms with Crippen LogP contribution in [0.1, 0.15) is 106 Å². The third kappa shape index (κ3) is 5.71. The van der Waals surface area contributed by atoms with E-state index in [9.17, 15) is 4.79 Å². The summed E-state index contributed by atoms with van der Waals surface area (Å²) in [5.41, 5.74) is 9.93. The van der Waals surface area contributed by atoms with Crippen molar-refractivity contribution in [3.05, 3.63) is 51.8 Å². The highest BCUT2D eigenvalue weighted by Gasteiger charge is 2.35. The van der Waals surface area contributed by atoms with Gasteiger partial charge in [0.05, 0.1) is 5.56 Å². The van der Waals surface area contributed by atoms with Crippen molar-refractivity contribution >= 4 is 5.78 Å². The molecule has 2 aromatic heterocycles. The first-order valence-electron chi connectivity index (χ1n) is 13.9. The minimum absolute atomic E-state index is 0.0323. The minimum atomic E-state index is 0.0323. The van der Waals surface area contributed by atoms with E-state index in [0.717, 1.165) is 36.8 Å². The summed E-state index contributed by atoms with van der Waals surface area (Å²) in [7, 11) is 0. The molecule has 5 heteroatoms. The zero-order valence-electron chi connectivity index (χ0n) is 23.6. The van der Waals surface area contributed by atoms with Gasteiger partial charge in [-0.25, -0.2) is 0 Å². The van der Waals surface area contributed by atoms with Crippen molar-refractivity contribution in [1.29, 1.82) is 0 Å². The summed E-state index contributed by atoms with van der Waals surface area (Å²) in [6, 6.07) is 4.25. The summed E-state index contributed by atoms with van der Waals surface area (Å²) in [5.74, 6) is 2.12. The molecular formula is C32H41N3O2. The first-order chi connectivity index (χ1) is 17.4. The second-order valence-corrected chi connectivity index (χ2v) is 13.4. The highest BCUT2D eigenvalue weighted by Crippen LogP contribution is 2.47. The van der Waals surface area contributed by atoms with Crippen LogP contribution in [-0.2, 0) is 24.1 Å². The van der Waals surface area contributed by atoms with Crippen molar-refractivity contribution < 1.29 is 9.32 Å². The van der Waals surface area contributed by atoms with E-state index in [1.807, 2.05) is 6.20 Å². The van der Waals surface area contributed by atoms with Crippen LogP contribution in [0.5, 0.6) is 0 Å².